The molecular formula is C14H27F3N2. The molecule has 3 atom stereocenters. The van der Waals surface area contributed by atoms with Crippen molar-refractivity contribution < 1.29 is 13.2 Å². The molecule has 1 fully saturated rings. The summed E-state index contributed by atoms with van der Waals surface area (Å²) >= 11 is 0. The van der Waals surface area contributed by atoms with Crippen LogP contribution in [0.25, 0.3) is 0 Å². The summed E-state index contributed by atoms with van der Waals surface area (Å²) in [6, 6.07) is 0.232. The third kappa shape index (κ3) is 3.63. The van der Waals surface area contributed by atoms with Crippen molar-refractivity contribution in [3.05, 3.63) is 0 Å². The van der Waals surface area contributed by atoms with Crippen molar-refractivity contribution in [2.75, 3.05) is 13.6 Å². The first-order valence-corrected chi connectivity index (χ1v) is 7.14. The van der Waals surface area contributed by atoms with Crippen molar-refractivity contribution in [2.24, 2.45) is 17.6 Å². The second-order valence-corrected chi connectivity index (χ2v) is 6.36. The van der Waals surface area contributed by atoms with E-state index in [-0.39, 0.29) is 18.9 Å². The van der Waals surface area contributed by atoms with E-state index in [1.807, 2.05) is 7.05 Å². The van der Waals surface area contributed by atoms with Gasteiger partial charge in [0.05, 0.1) is 5.92 Å². The predicted octanol–water partition coefficient (Wildman–Crippen LogP) is 3.41. The monoisotopic (exact) mass is 280 g/mol. The molecule has 1 saturated carbocycles. The number of nitrogens with zero attached hydrogens (tertiary/aromatic N) is 1. The van der Waals surface area contributed by atoms with Gasteiger partial charge in [0.2, 0.25) is 0 Å². The first kappa shape index (κ1) is 16.8. The molecule has 0 aromatic carbocycles. The average molecular weight is 280 g/mol. The highest BCUT2D eigenvalue weighted by Gasteiger charge is 2.49. The van der Waals surface area contributed by atoms with Gasteiger partial charge < -0.3 is 5.73 Å². The van der Waals surface area contributed by atoms with E-state index >= 15 is 0 Å². The smallest absolute Gasteiger partial charge is 0.329 e. The largest absolute Gasteiger partial charge is 0.391 e. The molecule has 0 aromatic rings. The molecular weight excluding hydrogens is 253 g/mol. The average Bonchev–Trinajstić information content (AvgIpc) is 2.35. The van der Waals surface area contributed by atoms with Gasteiger partial charge in [0.15, 0.2) is 0 Å². The number of hydrogen-bond donors (Lipinski definition) is 1. The summed E-state index contributed by atoms with van der Waals surface area (Å²) in [7, 11) is 1.93. The van der Waals surface area contributed by atoms with E-state index in [0.29, 0.717) is 18.9 Å². The molecule has 1 aliphatic rings. The SMILES string of the molecule is CC(C)C(C)N(C)C1(CN)CCCC(C(F)(F)F)C1. The van der Waals surface area contributed by atoms with Crippen LogP contribution in [0, 0.1) is 11.8 Å². The molecule has 2 nitrogen and oxygen atoms in total. The quantitative estimate of drug-likeness (QED) is 0.855. The summed E-state index contributed by atoms with van der Waals surface area (Å²) in [6.07, 6.45) is -2.33. The molecule has 0 aromatic heterocycles. The van der Waals surface area contributed by atoms with Gasteiger partial charge in [-0.1, -0.05) is 20.3 Å². The van der Waals surface area contributed by atoms with Gasteiger partial charge >= 0.3 is 6.18 Å². The predicted molar refractivity (Wildman–Crippen MR) is 71.9 cm³/mol. The molecule has 19 heavy (non-hydrogen) atoms. The number of halogens is 3. The first-order chi connectivity index (χ1) is 8.64. The van der Waals surface area contributed by atoms with Crippen molar-refractivity contribution in [2.45, 2.75) is 64.2 Å². The zero-order valence-electron chi connectivity index (χ0n) is 12.4. The minimum atomic E-state index is -4.09. The van der Waals surface area contributed by atoms with Crippen LogP contribution in [0.2, 0.25) is 0 Å². The van der Waals surface area contributed by atoms with Crippen LogP contribution in [0.1, 0.15) is 46.5 Å². The lowest BCUT2D eigenvalue weighted by Gasteiger charge is -2.50. The first-order valence-electron chi connectivity index (χ1n) is 7.14. The number of likely N-dealkylation sites (N-methyl/N-ethyl adjacent to an activating group) is 1. The van der Waals surface area contributed by atoms with E-state index in [2.05, 4.69) is 25.7 Å². The van der Waals surface area contributed by atoms with Gasteiger partial charge in [-0.15, -0.1) is 0 Å². The molecule has 0 heterocycles. The summed E-state index contributed by atoms with van der Waals surface area (Å²) in [5, 5.41) is 0. The number of hydrogen-bond acceptors (Lipinski definition) is 2. The Morgan fingerprint density at radius 2 is 1.89 bits per heavy atom. The van der Waals surface area contributed by atoms with Gasteiger partial charge in [-0.2, -0.15) is 13.2 Å². The lowest BCUT2D eigenvalue weighted by Crippen LogP contribution is -2.59. The standard InChI is InChI=1S/C14H27F3N2/c1-10(2)11(3)19(4)13(9-18)7-5-6-12(8-13)14(15,16)17/h10-12H,5-9,18H2,1-4H3. The molecule has 0 radical (unpaired) electrons. The number of alkyl halides is 3. The zero-order valence-corrected chi connectivity index (χ0v) is 12.4. The fraction of sp³-hybridized carbons (Fsp3) is 1.00. The molecule has 114 valence electrons. The molecule has 0 aliphatic heterocycles. The number of rotatable bonds is 4. The minimum absolute atomic E-state index is 0.139. The van der Waals surface area contributed by atoms with Crippen LogP contribution in [-0.2, 0) is 0 Å². The Labute approximate surface area is 114 Å². The van der Waals surface area contributed by atoms with Gasteiger partial charge in [-0.3, -0.25) is 4.90 Å². The molecule has 0 saturated heterocycles. The Kier molecular flexibility index (Phi) is 5.29. The van der Waals surface area contributed by atoms with Crippen LogP contribution in [0.5, 0.6) is 0 Å². The van der Waals surface area contributed by atoms with Crippen molar-refractivity contribution in [1.29, 1.82) is 0 Å². The Morgan fingerprint density at radius 3 is 2.32 bits per heavy atom. The maximum absolute atomic E-state index is 13.0. The van der Waals surface area contributed by atoms with Gasteiger partial charge in [0.25, 0.3) is 0 Å². The van der Waals surface area contributed by atoms with Gasteiger partial charge in [0, 0.05) is 18.1 Å². The van der Waals surface area contributed by atoms with Crippen molar-refractivity contribution in [1.82, 2.24) is 4.90 Å². The topological polar surface area (TPSA) is 29.3 Å². The summed E-state index contributed by atoms with van der Waals surface area (Å²) in [4.78, 5) is 2.09. The molecule has 0 bridgehead atoms. The van der Waals surface area contributed by atoms with Crippen LogP contribution in [0.3, 0.4) is 0 Å². The highest BCUT2D eigenvalue weighted by atomic mass is 19.4. The summed E-state index contributed by atoms with van der Waals surface area (Å²) < 4.78 is 39.0. The molecule has 5 heteroatoms. The molecule has 0 amide bonds. The normalized spacial score (nSPS) is 30.9. The van der Waals surface area contributed by atoms with E-state index in [1.54, 1.807) is 0 Å². The Balaban J connectivity index is 2.91. The lowest BCUT2D eigenvalue weighted by molar-refractivity contribution is -0.194. The van der Waals surface area contributed by atoms with E-state index in [0.717, 1.165) is 6.42 Å². The number of nitrogens with two attached hydrogens (primary N) is 1. The summed E-state index contributed by atoms with van der Waals surface area (Å²) in [5.74, 6) is -0.800. The third-order valence-electron chi connectivity index (χ3n) is 4.99. The van der Waals surface area contributed by atoms with E-state index < -0.39 is 17.6 Å². The second kappa shape index (κ2) is 6.00. The van der Waals surface area contributed by atoms with Crippen molar-refractivity contribution in [3.8, 4) is 0 Å². The van der Waals surface area contributed by atoms with Crippen LogP contribution < -0.4 is 5.73 Å². The van der Waals surface area contributed by atoms with Crippen LogP contribution in [-0.4, -0.2) is 36.2 Å². The fourth-order valence-electron chi connectivity index (χ4n) is 3.15. The van der Waals surface area contributed by atoms with Gasteiger partial charge in [-0.05, 0) is 39.2 Å². The molecule has 1 rings (SSSR count). The second-order valence-electron chi connectivity index (χ2n) is 6.36. The molecule has 1 aliphatic carbocycles. The Hall–Kier alpha value is -0.290. The van der Waals surface area contributed by atoms with Crippen molar-refractivity contribution >= 4 is 0 Å². The van der Waals surface area contributed by atoms with Gasteiger partial charge in [0.1, 0.15) is 0 Å². The molecule has 2 N–H and O–H groups in total. The van der Waals surface area contributed by atoms with Crippen LogP contribution in [0.15, 0.2) is 0 Å². The highest BCUT2D eigenvalue weighted by molar-refractivity contribution is 4.98. The Morgan fingerprint density at radius 1 is 1.32 bits per heavy atom. The summed E-state index contributed by atoms with van der Waals surface area (Å²) in [5.41, 5.74) is 5.38. The summed E-state index contributed by atoms with van der Waals surface area (Å²) in [6.45, 7) is 6.55. The van der Waals surface area contributed by atoms with Crippen LogP contribution >= 0.6 is 0 Å². The fourth-order valence-corrected chi connectivity index (χ4v) is 3.15. The van der Waals surface area contributed by atoms with Crippen LogP contribution in [0.4, 0.5) is 13.2 Å². The molecule has 3 unspecified atom stereocenters. The zero-order chi connectivity index (χ0) is 14.8. The van der Waals surface area contributed by atoms with Gasteiger partial charge in [-0.25, -0.2) is 0 Å². The minimum Gasteiger partial charge on any atom is -0.329 e. The highest BCUT2D eigenvalue weighted by Crippen LogP contribution is 2.44. The lowest BCUT2D eigenvalue weighted by atomic mass is 9.73. The maximum atomic E-state index is 13.0. The van der Waals surface area contributed by atoms with E-state index in [1.165, 1.54) is 0 Å². The van der Waals surface area contributed by atoms with E-state index in [4.69, 9.17) is 5.73 Å². The molecule has 0 spiro atoms. The van der Waals surface area contributed by atoms with Crippen molar-refractivity contribution in [3.63, 3.8) is 0 Å². The third-order valence-corrected chi connectivity index (χ3v) is 4.99. The Bertz CT molecular complexity index is 291. The maximum Gasteiger partial charge on any atom is 0.391 e. The van der Waals surface area contributed by atoms with E-state index in [9.17, 15) is 13.2 Å².